The zero-order valence-electron chi connectivity index (χ0n) is 13.1. The van der Waals surface area contributed by atoms with Crippen molar-refractivity contribution in [1.82, 2.24) is 15.1 Å². The molecular formula is C15H23N5O. The lowest BCUT2D eigenvalue weighted by Crippen LogP contribution is -2.09. The first-order chi connectivity index (χ1) is 10.1. The number of anilines is 2. The Bertz CT molecular complexity index is 579. The average Bonchev–Trinajstić information content (AvgIpc) is 2.88. The molecule has 0 atom stereocenters. The van der Waals surface area contributed by atoms with Gasteiger partial charge in [0.1, 0.15) is 28.9 Å². The molecule has 0 fully saturated rings. The molecule has 0 saturated heterocycles. The van der Waals surface area contributed by atoms with Crippen LogP contribution >= 0.6 is 0 Å². The lowest BCUT2D eigenvalue weighted by Gasteiger charge is -2.12. The van der Waals surface area contributed by atoms with Crippen LogP contribution in [-0.2, 0) is 6.54 Å². The van der Waals surface area contributed by atoms with Crippen LogP contribution in [0.2, 0.25) is 0 Å². The maximum atomic E-state index is 5.06. The second kappa shape index (κ2) is 7.06. The molecule has 2 aromatic rings. The van der Waals surface area contributed by atoms with Crippen molar-refractivity contribution in [3.63, 3.8) is 0 Å². The fraction of sp³-hybridized carbons (Fsp3) is 0.533. The van der Waals surface area contributed by atoms with Gasteiger partial charge in [0.15, 0.2) is 0 Å². The van der Waals surface area contributed by atoms with Crippen LogP contribution in [-0.4, -0.2) is 21.7 Å². The molecule has 0 aliphatic rings. The predicted molar refractivity (Wildman–Crippen MR) is 83.5 cm³/mol. The number of hydrogen-bond donors (Lipinski definition) is 2. The van der Waals surface area contributed by atoms with Crippen LogP contribution in [0.1, 0.15) is 50.4 Å². The van der Waals surface area contributed by atoms with Crippen molar-refractivity contribution in [2.45, 2.75) is 46.6 Å². The Labute approximate surface area is 125 Å². The molecule has 0 aromatic carbocycles. The van der Waals surface area contributed by atoms with E-state index in [1.165, 1.54) is 0 Å². The quantitative estimate of drug-likeness (QED) is 0.814. The number of nitrogens with zero attached hydrogens (tertiary/aromatic N) is 3. The molecule has 6 nitrogen and oxygen atoms in total. The van der Waals surface area contributed by atoms with E-state index in [-0.39, 0.29) is 5.92 Å². The normalized spacial score (nSPS) is 10.9. The third kappa shape index (κ3) is 4.44. The van der Waals surface area contributed by atoms with Crippen molar-refractivity contribution in [3.8, 4) is 0 Å². The van der Waals surface area contributed by atoms with Gasteiger partial charge in [0.25, 0.3) is 0 Å². The summed E-state index contributed by atoms with van der Waals surface area (Å²) in [5.74, 6) is 3.57. The van der Waals surface area contributed by atoms with Crippen LogP contribution in [0.3, 0.4) is 0 Å². The molecule has 2 rings (SSSR count). The third-order valence-electron chi connectivity index (χ3n) is 2.94. The number of aryl methyl sites for hydroxylation is 1. The molecule has 0 spiro atoms. The fourth-order valence-electron chi connectivity index (χ4n) is 1.84. The summed E-state index contributed by atoms with van der Waals surface area (Å²) >= 11 is 0. The first-order valence-corrected chi connectivity index (χ1v) is 7.37. The summed E-state index contributed by atoms with van der Waals surface area (Å²) in [5, 5.41) is 10.5. The summed E-state index contributed by atoms with van der Waals surface area (Å²) < 4.78 is 5.06. The molecule has 2 aromatic heterocycles. The Morgan fingerprint density at radius 1 is 1.14 bits per heavy atom. The number of nitrogens with one attached hydrogen (secondary N) is 2. The molecule has 0 bridgehead atoms. The van der Waals surface area contributed by atoms with Gasteiger partial charge in [0.2, 0.25) is 0 Å². The van der Waals surface area contributed by atoms with Crippen molar-refractivity contribution >= 4 is 11.6 Å². The highest BCUT2D eigenvalue weighted by Gasteiger charge is 2.08. The minimum atomic E-state index is 0.281. The van der Waals surface area contributed by atoms with Gasteiger partial charge < -0.3 is 15.2 Å². The van der Waals surface area contributed by atoms with Crippen LogP contribution < -0.4 is 10.6 Å². The van der Waals surface area contributed by atoms with Gasteiger partial charge in [-0.3, -0.25) is 0 Å². The molecule has 2 heterocycles. The van der Waals surface area contributed by atoms with Gasteiger partial charge >= 0.3 is 0 Å². The van der Waals surface area contributed by atoms with Crippen molar-refractivity contribution in [2.24, 2.45) is 0 Å². The minimum absolute atomic E-state index is 0.281. The van der Waals surface area contributed by atoms with Gasteiger partial charge in [0.05, 0.1) is 6.54 Å². The van der Waals surface area contributed by atoms with Crippen molar-refractivity contribution in [1.29, 1.82) is 0 Å². The standard InChI is InChI=1S/C15H23N5O/c1-5-6-16-13-8-14(19-15(18-13)10(2)3)17-9-12-7-11(4)21-20-12/h7-8,10H,5-6,9H2,1-4H3,(H2,16,17,18,19). The Hall–Kier alpha value is -2.11. The van der Waals surface area contributed by atoms with Gasteiger partial charge in [-0.2, -0.15) is 0 Å². The highest BCUT2D eigenvalue weighted by atomic mass is 16.5. The topological polar surface area (TPSA) is 75.9 Å². The highest BCUT2D eigenvalue weighted by molar-refractivity contribution is 5.48. The average molecular weight is 289 g/mol. The van der Waals surface area contributed by atoms with Gasteiger partial charge in [-0.25, -0.2) is 9.97 Å². The van der Waals surface area contributed by atoms with Crippen LogP contribution in [0, 0.1) is 6.92 Å². The summed E-state index contributed by atoms with van der Waals surface area (Å²) in [5.41, 5.74) is 0.861. The number of hydrogen-bond acceptors (Lipinski definition) is 6. The molecule has 0 amide bonds. The van der Waals surface area contributed by atoms with Gasteiger partial charge in [-0.1, -0.05) is 25.9 Å². The van der Waals surface area contributed by atoms with Gasteiger partial charge in [0, 0.05) is 24.6 Å². The van der Waals surface area contributed by atoms with Crippen LogP contribution in [0.5, 0.6) is 0 Å². The van der Waals surface area contributed by atoms with E-state index in [2.05, 4.69) is 46.5 Å². The number of aromatic nitrogens is 3. The van der Waals surface area contributed by atoms with Crippen molar-refractivity contribution in [3.05, 3.63) is 29.4 Å². The lowest BCUT2D eigenvalue weighted by atomic mass is 10.2. The molecule has 0 radical (unpaired) electrons. The van der Waals surface area contributed by atoms with E-state index in [1.807, 2.05) is 19.1 Å². The summed E-state index contributed by atoms with van der Waals surface area (Å²) in [6.07, 6.45) is 1.06. The van der Waals surface area contributed by atoms with E-state index in [4.69, 9.17) is 4.52 Å². The molecule has 2 N–H and O–H groups in total. The summed E-state index contributed by atoms with van der Waals surface area (Å²) in [7, 11) is 0. The molecule has 6 heteroatoms. The van der Waals surface area contributed by atoms with Crippen LogP contribution in [0.15, 0.2) is 16.7 Å². The van der Waals surface area contributed by atoms with E-state index in [9.17, 15) is 0 Å². The fourth-order valence-corrected chi connectivity index (χ4v) is 1.84. The Morgan fingerprint density at radius 3 is 2.43 bits per heavy atom. The molecule has 0 aliphatic heterocycles. The van der Waals surface area contributed by atoms with Crippen molar-refractivity contribution < 1.29 is 4.52 Å². The Morgan fingerprint density at radius 2 is 1.86 bits per heavy atom. The van der Waals surface area contributed by atoms with E-state index in [1.54, 1.807) is 0 Å². The van der Waals surface area contributed by atoms with Gasteiger partial charge in [-0.15, -0.1) is 0 Å². The third-order valence-corrected chi connectivity index (χ3v) is 2.94. The summed E-state index contributed by atoms with van der Waals surface area (Å²) in [4.78, 5) is 9.08. The second-order valence-corrected chi connectivity index (χ2v) is 5.36. The minimum Gasteiger partial charge on any atom is -0.370 e. The van der Waals surface area contributed by atoms with E-state index >= 15 is 0 Å². The van der Waals surface area contributed by atoms with E-state index < -0.39 is 0 Å². The highest BCUT2D eigenvalue weighted by Crippen LogP contribution is 2.17. The summed E-state index contributed by atoms with van der Waals surface area (Å²) in [6.45, 7) is 9.66. The van der Waals surface area contributed by atoms with Crippen LogP contribution in [0.4, 0.5) is 11.6 Å². The first-order valence-electron chi connectivity index (χ1n) is 7.37. The predicted octanol–water partition coefficient (Wildman–Crippen LogP) is 3.33. The zero-order valence-corrected chi connectivity index (χ0v) is 13.1. The maximum Gasteiger partial charge on any atom is 0.135 e. The van der Waals surface area contributed by atoms with E-state index in [0.29, 0.717) is 6.54 Å². The Kier molecular flexibility index (Phi) is 5.14. The second-order valence-electron chi connectivity index (χ2n) is 5.36. The molecule has 0 aliphatic carbocycles. The van der Waals surface area contributed by atoms with Gasteiger partial charge in [-0.05, 0) is 13.3 Å². The van der Waals surface area contributed by atoms with Crippen LogP contribution in [0.25, 0.3) is 0 Å². The summed E-state index contributed by atoms with van der Waals surface area (Å²) in [6, 6.07) is 3.84. The maximum absolute atomic E-state index is 5.06. The molecule has 114 valence electrons. The lowest BCUT2D eigenvalue weighted by molar-refractivity contribution is 0.391. The Balaban J connectivity index is 2.11. The molecule has 0 unspecified atom stereocenters. The zero-order chi connectivity index (χ0) is 15.2. The molecule has 21 heavy (non-hydrogen) atoms. The van der Waals surface area contributed by atoms with E-state index in [0.717, 1.165) is 41.9 Å². The van der Waals surface area contributed by atoms with Crippen molar-refractivity contribution in [2.75, 3.05) is 17.2 Å². The monoisotopic (exact) mass is 289 g/mol. The smallest absolute Gasteiger partial charge is 0.135 e. The molecule has 0 saturated carbocycles. The first kappa shape index (κ1) is 15.3. The SMILES string of the molecule is CCCNc1cc(NCc2cc(C)on2)nc(C(C)C)n1. The number of rotatable bonds is 7. The molecular weight excluding hydrogens is 266 g/mol. The largest absolute Gasteiger partial charge is 0.370 e.